The van der Waals surface area contributed by atoms with Gasteiger partial charge in [0.15, 0.2) is 0 Å². The van der Waals surface area contributed by atoms with E-state index in [9.17, 15) is 5.26 Å². The van der Waals surface area contributed by atoms with Gasteiger partial charge in [-0.05, 0) is 19.1 Å². The van der Waals surface area contributed by atoms with Crippen LogP contribution in [0.1, 0.15) is 10.6 Å². The fraction of sp³-hybridized carbons (Fsp3) is 0.0667. The van der Waals surface area contributed by atoms with Crippen molar-refractivity contribution in [3.63, 3.8) is 0 Å². The van der Waals surface area contributed by atoms with Gasteiger partial charge >= 0.3 is 0 Å². The van der Waals surface area contributed by atoms with Crippen LogP contribution in [-0.4, -0.2) is 4.98 Å². The van der Waals surface area contributed by atoms with Crippen LogP contribution in [0.25, 0.3) is 21.6 Å². The van der Waals surface area contributed by atoms with Crippen molar-refractivity contribution in [1.82, 2.24) is 4.98 Å². The molecule has 0 atom stereocenters. The molecule has 20 heavy (non-hydrogen) atoms. The lowest BCUT2D eigenvalue weighted by Gasteiger charge is -2.04. The molecule has 3 aromatic heterocycles. The smallest absolute Gasteiger partial charge is 0.129 e. The number of thiophene rings is 1. The van der Waals surface area contributed by atoms with Crippen molar-refractivity contribution in [2.24, 2.45) is 0 Å². The van der Waals surface area contributed by atoms with Gasteiger partial charge in [-0.1, -0.05) is 6.07 Å². The summed E-state index contributed by atoms with van der Waals surface area (Å²) in [5.41, 5.74) is 9.35. The number of nitrogens with two attached hydrogens (primary N) is 1. The average Bonchev–Trinajstić information content (AvgIpc) is 3.03. The molecular weight excluding hydrogens is 270 g/mol. The highest BCUT2D eigenvalue weighted by molar-refractivity contribution is 7.17. The molecule has 5 heteroatoms. The summed E-state index contributed by atoms with van der Waals surface area (Å²) in [5, 5.41) is 9.21. The fourth-order valence-electron chi connectivity index (χ4n) is 2.13. The summed E-state index contributed by atoms with van der Waals surface area (Å²) in [6, 6.07) is 7.83. The molecule has 0 saturated carbocycles. The Bertz CT molecular complexity index is 796. The number of hydrogen-bond acceptors (Lipinski definition) is 5. The van der Waals surface area contributed by atoms with E-state index in [-0.39, 0.29) is 0 Å². The normalized spacial score (nSPS) is 10.4. The van der Waals surface area contributed by atoms with Gasteiger partial charge in [0.25, 0.3) is 0 Å². The molecule has 3 aromatic rings. The Morgan fingerprint density at radius 2 is 2.25 bits per heavy atom. The van der Waals surface area contributed by atoms with Crippen LogP contribution in [-0.2, 0) is 0 Å². The van der Waals surface area contributed by atoms with Crippen molar-refractivity contribution in [2.45, 2.75) is 6.92 Å². The molecule has 0 amide bonds. The quantitative estimate of drug-likeness (QED) is 0.774. The van der Waals surface area contributed by atoms with Crippen LogP contribution in [0.5, 0.6) is 0 Å². The number of rotatable bonds is 2. The van der Waals surface area contributed by atoms with Gasteiger partial charge in [-0.3, -0.25) is 4.98 Å². The molecule has 4 nitrogen and oxygen atoms in total. The molecule has 0 bridgehead atoms. The number of aryl methyl sites for hydroxylation is 1. The Kier molecular flexibility index (Phi) is 3.01. The Labute approximate surface area is 120 Å². The molecule has 3 rings (SSSR count). The molecule has 0 aliphatic carbocycles. The lowest BCUT2D eigenvalue weighted by molar-refractivity contribution is 0.535. The molecule has 3 heterocycles. The number of anilines is 1. The summed E-state index contributed by atoms with van der Waals surface area (Å²) in [4.78, 5) is 5.58. The van der Waals surface area contributed by atoms with Crippen molar-refractivity contribution < 1.29 is 4.42 Å². The lowest BCUT2D eigenvalue weighted by Crippen LogP contribution is -1.90. The summed E-state index contributed by atoms with van der Waals surface area (Å²) in [6.07, 6.45) is 5.10. The van der Waals surface area contributed by atoms with Crippen LogP contribution in [0.2, 0.25) is 0 Å². The zero-order chi connectivity index (χ0) is 14.1. The second kappa shape index (κ2) is 4.83. The largest absolute Gasteiger partial charge is 0.469 e. The van der Waals surface area contributed by atoms with E-state index in [4.69, 9.17) is 10.2 Å². The molecular formula is C15H11N3OS. The third-order valence-electron chi connectivity index (χ3n) is 3.10. The topological polar surface area (TPSA) is 75.8 Å². The van der Waals surface area contributed by atoms with E-state index in [2.05, 4.69) is 11.1 Å². The molecule has 0 radical (unpaired) electrons. The van der Waals surface area contributed by atoms with E-state index >= 15 is 0 Å². The van der Waals surface area contributed by atoms with Crippen molar-refractivity contribution in [2.75, 3.05) is 5.73 Å². The minimum absolute atomic E-state index is 0.501. The van der Waals surface area contributed by atoms with Crippen LogP contribution >= 0.6 is 11.3 Å². The predicted octanol–water partition coefficient (Wildman–Crippen LogP) is 3.83. The maximum Gasteiger partial charge on any atom is 0.129 e. The monoisotopic (exact) mass is 281 g/mol. The van der Waals surface area contributed by atoms with Gasteiger partial charge in [-0.25, -0.2) is 0 Å². The Hall–Kier alpha value is -2.58. The van der Waals surface area contributed by atoms with Crippen molar-refractivity contribution in [3.05, 3.63) is 47.5 Å². The van der Waals surface area contributed by atoms with E-state index in [1.165, 1.54) is 11.3 Å². The Balaban J connectivity index is 2.31. The maximum atomic E-state index is 9.21. The number of furan rings is 1. The highest BCUT2D eigenvalue weighted by Crippen LogP contribution is 2.45. The summed E-state index contributed by atoms with van der Waals surface area (Å²) in [7, 11) is 0. The Morgan fingerprint density at radius 1 is 1.40 bits per heavy atom. The zero-order valence-electron chi connectivity index (χ0n) is 10.8. The maximum absolute atomic E-state index is 9.21. The first kappa shape index (κ1) is 12.5. The first-order valence-corrected chi connectivity index (χ1v) is 6.81. The van der Waals surface area contributed by atoms with Gasteiger partial charge < -0.3 is 10.2 Å². The lowest BCUT2D eigenvalue weighted by atomic mass is 10.0. The molecule has 0 aliphatic heterocycles. The SMILES string of the molecule is Cc1occc1-c1sc(C#N)c(N)c1-c1cccnc1. The molecule has 2 N–H and O–H groups in total. The highest BCUT2D eigenvalue weighted by Gasteiger charge is 2.20. The molecule has 0 aromatic carbocycles. The van der Waals surface area contributed by atoms with Gasteiger partial charge in [0.1, 0.15) is 16.7 Å². The van der Waals surface area contributed by atoms with E-state index in [0.29, 0.717) is 10.6 Å². The van der Waals surface area contributed by atoms with Crippen LogP contribution < -0.4 is 5.73 Å². The summed E-state index contributed by atoms with van der Waals surface area (Å²) in [6.45, 7) is 1.89. The van der Waals surface area contributed by atoms with Gasteiger partial charge in [0.2, 0.25) is 0 Å². The first-order chi connectivity index (χ1) is 9.72. The van der Waals surface area contributed by atoms with E-state index in [1.807, 2.05) is 25.1 Å². The first-order valence-electron chi connectivity index (χ1n) is 5.99. The summed E-state index contributed by atoms with van der Waals surface area (Å²) in [5.74, 6) is 0.806. The number of nitriles is 1. The standard InChI is InChI=1S/C15H11N3OS/c1-9-11(4-6-19-9)15-13(10-3-2-5-18-8-10)14(17)12(7-16)20-15/h2-6,8H,17H2,1H3. The van der Waals surface area contributed by atoms with Gasteiger partial charge in [0, 0.05) is 34.0 Å². The second-order valence-electron chi connectivity index (χ2n) is 4.29. The van der Waals surface area contributed by atoms with E-state index in [0.717, 1.165) is 27.3 Å². The molecule has 0 fully saturated rings. The van der Waals surface area contributed by atoms with Crippen LogP contribution in [0.15, 0.2) is 41.3 Å². The summed E-state index contributed by atoms with van der Waals surface area (Å²) < 4.78 is 5.36. The molecule has 98 valence electrons. The van der Waals surface area contributed by atoms with Crippen LogP contribution in [0, 0.1) is 18.3 Å². The number of aromatic nitrogens is 1. The van der Waals surface area contributed by atoms with Crippen LogP contribution in [0.4, 0.5) is 5.69 Å². The van der Waals surface area contributed by atoms with Crippen molar-refractivity contribution in [3.8, 4) is 27.6 Å². The minimum atomic E-state index is 0.501. The fourth-order valence-corrected chi connectivity index (χ4v) is 3.25. The Morgan fingerprint density at radius 3 is 2.85 bits per heavy atom. The van der Waals surface area contributed by atoms with Crippen LogP contribution in [0.3, 0.4) is 0 Å². The van der Waals surface area contributed by atoms with Gasteiger partial charge in [0.05, 0.1) is 12.0 Å². The minimum Gasteiger partial charge on any atom is -0.469 e. The zero-order valence-corrected chi connectivity index (χ0v) is 11.6. The summed E-state index contributed by atoms with van der Waals surface area (Å²) >= 11 is 1.38. The number of pyridine rings is 1. The van der Waals surface area contributed by atoms with E-state index in [1.54, 1.807) is 18.7 Å². The predicted molar refractivity (Wildman–Crippen MR) is 79.1 cm³/mol. The third kappa shape index (κ3) is 1.87. The number of hydrogen-bond donors (Lipinski definition) is 1. The molecule has 0 unspecified atom stereocenters. The van der Waals surface area contributed by atoms with Crippen molar-refractivity contribution in [1.29, 1.82) is 5.26 Å². The third-order valence-corrected chi connectivity index (χ3v) is 4.24. The molecule has 0 spiro atoms. The highest BCUT2D eigenvalue weighted by atomic mass is 32.1. The molecule has 0 saturated heterocycles. The second-order valence-corrected chi connectivity index (χ2v) is 5.31. The number of nitrogens with zero attached hydrogens (tertiary/aromatic N) is 2. The van der Waals surface area contributed by atoms with E-state index < -0.39 is 0 Å². The average molecular weight is 281 g/mol. The van der Waals surface area contributed by atoms with Crippen molar-refractivity contribution >= 4 is 17.0 Å². The van der Waals surface area contributed by atoms with Gasteiger partial charge in [-0.2, -0.15) is 5.26 Å². The molecule has 0 aliphatic rings. The number of nitrogen functional groups attached to an aromatic ring is 1. The van der Waals surface area contributed by atoms with Gasteiger partial charge in [-0.15, -0.1) is 11.3 Å².